The van der Waals surface area contributed by atoms with Crippen LogP contribution in [-0.4, -0.2) is 33.4 Å². The molecule has 1 heterocycles. The second-order valence-corrected chi connectivity index (χ2v) is 8.87. The summed E-state index contributed by atoms with van der Waals surface area (Å²) >= 11 is 0.755. The fourth-order valence-corrected chi connectivity index (χ4v) is 4.26. The van der Waals surface area contributed by atoms with Crippen LogP contribution in [0.4, 0.5) is 16.2 Å². The van der Waals surface area contributed by atoms with Crippen LogP contribution in [0.3, 0.4) is 0 Å². The van der Waals surface area contributed by atoms with Crippen molar-refractivity contribution in [3.05, 3.63) is 105 Å². The van der Waals surface area contributed by atoms with E-state index in [0.29, 0.717) is 17.0 Å². The standard InChI is InChI=1S/C26H21N3O6S/c1-17-6-2-4-8-21(17)27-24(30)15-28-25(31)23(36-26(28)32)14-19-7-3-5-9-22(19)35-16-18-10-12-20(13-11-18)29(33)34/h2-14H,15-16H2,1H3,(H,27,30)/b23-14-. The lowest BCUT2D eigenvalue weighted by atomic mass is 10.1. The highest BCUT2D eigenvalue weighted by Gasteiger charge is 2.36. The third-order valence-corrected chi connectivity index (χ3v) is 6.25. The van der Waals surface area contributed by atoms with Gasteiger partial charge in [-0.3, -0.25) is 29.4 Å². The molecule has 0 bridgehead atoms. The largest absolute Gasteiger partial charge is 0.488 e. The molecule has 0 spiro atoms. The molecule has 1 fully saturated rings. The topological polar surface area (TPSA) is 119 Å². The van der Waals surface area contributed by atoms with Crippen LogP contribution >= 0.6 is 11.8 Å². The first-order valence-corrected chi connectivity index (χ1v) is 11.7. The third-order valence-electron chi connectivity index (χ3n) is 5.34. The van der Waals surface area contributed by atoms with Gasteiger partial charge in [0, 0.05) is 23.4 Å². The fraction of sp³-hybridized carbons (Fsp3) is 0.115. The molecule has 1 N–H and O–H groups in total. The molecule has 0 atom stereocenters. The van der Waals surface area contributed by atoms with Gasteiger partial charge in [-0.2, -0.15) is 0 Å². The van der Waals surface area contributed by atoms with Gasteiger partial charge in [0.05, 0.1) is 9.83 Å². The lowest BCUT2D eigenvalue weighted by molar-refractivity contribution is -0.384. The van der Waals surface area contributed by atoms with Crippen LogP contribution in [0.5, 0.6) is 5.75 Å². The number of amides is 3. The van der Waals surface area contributed by atoms with Crippen molar-refractivity contribution in [2.75, 3.05) is 11.9 Å². The molecule has 4 rings (SSSR count). The Hall–Kier alpha value is -4.44. The quantitative estimate of drug-likeness (QED) is 0.256. The van der Waals surface area contributed by atoms with E-state index in [-0.39, 0.29) is 17.2 Å². The van der Waals surface area contributed by atoms with Gasteiger partial charge in [0.25, 0.3) is 16.8 Å². The summed E-state index contributed by atoms with van der Waals surface area (Å²) in [5.74, 6) is -0.560. The number of imide groups is 1. The summed E-state index contributed by atoms with van der Waals surface area (Å²) in [7, 11) is 0. The molecular weight excluding hydrogens is 482 g/mol. The Balaban J connectivity index is 1.44. The van der Waals surface area contributed by atoms with Gasteiger partial charge in [-0.15, -0.1) is 0 Å². The number of nitrogens with one attached hydrogen (secondary N) is 1. The molecule has 3 amide bonds. The minimum Gasteiger partial charge on any atom is -0.488 e. The molecule has 0 saturated carbocycles. The fourth-order valence-electron chi connectivity index (χ4n) is 3.43. The number of nitrogens with zero attached hydrogens (tertiary/aromatic N) is 2. The molecule has 182 valence electrons. The van der Waals surface area contributed by atoms with Gasteiger partial charge in [-0.05, 0) is 60.2 Å². The Morgan fingerprint density at radius 1 is 1.06 bits per heavy atom. The maximum Gasteiger partial charge on any atom is 0.294 e. The zero-order valence-electron chi connectivity index (χ0n) is 19.2. The van der Waals surface area contributed by atoms with Crippen LogP contribution in [0.25, 0.3) is 6.08 Å². The lowest BCUT2D eigenvalue weighted by Crippen LogP contribution is -2.36. The van der Waals surface area contributed by atoms with Crippen molar-refractivity contribution in [3.8, 4) is 5.75 Å². The second kappa shape index (κ2) is 10.9. The van der Waals surface area contributed by atoms with Gasteiger partial charge >= 0.3 is 0 Å². The summed E-state index contributed by atoms with van der Waals surface area (Å²) in [6.07, 6.45) is 1.55. The number of benzene rings is 3. The lowest BCUT2D eigenvalue weighted by Gasteiger charge is -2.13. The number of nitro benzene ring substituents is 1. The van der Waals surface area contributed by atoms with Gasteiger partial charge in [-0.1, -0.05) is 36.4 Å². The molecule has 9 nitrogen and oxygen atoms in total. The zero-order chi connectivity index (χ0) is 25.7. The zero-order valence-corrected chi connectivity index (χ0v) is 20.0. The number of hydrogen-bond donors (Lipinski definition) is 1. The Morgan fingerprint density at radius 3 is 2.47 bits per heavy atom. The Bertz CT molecular complexity index is 1370. The Kier molecular flexibility index (Phi) is 7.45. The van der Waals surface area contributed by atoms with Crippen molar-refractivity contribution >= 4 is 46.3 Å². The molecule has 0 aromatic heterocycles. The maximum atomic E-state index is 12.9. The summed E-state index contributed by atoms with van der Waals surface area (Å²) in [6.45, 7) is 1.61. The number of nitro groups is 1. The van der Waals surface area contributed by atoms with Gasteiger partial charge in [0.15, 0.2) is 0 Å². The van der Waals surface area contributed by atoms with Gasteiger partial charge in [0.2, 0.25) is 5.91 Å². The van der Waals surface area contributed by atoms with E-state index in [4.69, 9.17) is 4.74 Å². The Morgan fingerprint density at radius 2 is 1.75 bits per heavy atom. The van der Waals surface area contributed by atoms with Crippen LogP contribution in [0.15, 0.2) is 77.7 Å². The van der Waals surface area contributed by atoms with E-state index in [9.17, 15) is 24.5 Å². The first-order valence-electron chi connectivity index (χ1n) is 10.9. The highest BCUT2D eigenvalue weighted by atomic mass is 32.2. The average Bonchev–Trinajstić information content (AvgIpc) is 3.12. The van der Waals surface area contributed by atoms with E-state index in [1.807, 2.05) is 19.1 Å². The molecule has 0 unspecified atom stereocenters. The van der Waals surface area contributed by atoms with Crippen LogP contribution < -0.4 is 10.1 Å². The third kappa shape index (κ3) is 5.78. The summed E-state index contributed by atoms with van der Waals surface area (Å²) in [6, 6.07) is 20.2. The van der Waals surface area contributed by atoms with Crippen LogP contribution in [0.1, 0.15) is 16.7 Å². The molecule has 1 saturated heterocycles. The second-order valence-electron chi connectivity index (χ2n) is 7.88. The summed E-state index contributed by atoms with van der Waals surface area (Å²) < 4.78 is 5.87. The number of non-ortho nitro benzene ring substituents is 1. The number of carbonyl (C=O) groups is 3. The molecular formula is C26H21N3O6S. The highest BCUT2D eigenvalue weighted by Crippen LogP contribution is 2.34. The van der Waals surface area contributed by atoms with Crippen molar-refractivity contribution in [2.24, 2.45) is 0 Å². The summed E-state index contributed by atoms with van der Waals surface area (Å²) in [5, 5.41) is 13.0. The number of rotatable bonds is 8. The molecule has 36 heavy (non-hydrogen) atoms. The number of para-hydroxylation sites is 2. The minimum atomic E-state index is -0.560. The van der Waals surface area contributed by atoms with Crippen LogP contribution in [-0.2, 0) is 16.2 Å². The van der Waals surface area contributed by atoms with Crippen molar-refractivity contribution in [2.45, 2.75) is 13.5 Å². The van der Waals surface area contributed by atoms with E-state index in [2.05, 4.69) is 5.32 Å². The predicted octanol–water partition coefficient (Wildman–Crippen LogP) is 5.16. The molecule has 0 radical (unpaired) electrons. The van der Waals surface area contributed by atoms with Gasteiger partial charge in [-0.25, -0.2) is 0 Å². The van der Waals surface area contributed by atoms with Crippen molar-refractivity contribution < 1.29 is 24.0 Å². The minimum absolute atomic E-state index is 0.0116. The number of hydrogen-bond acceptors (Lipinski definition) is 7. The number of aryl methyl sites for hydroxylation is 1. The van der Waals surface area contributed by atoms with Gasteiger partial charge in [0.1, 0.15) is 18.9 Å². The first kappa shape index (κ1) is 24.7. The van der Waals surface area contributed by atoms with E-state index in [0.717, 1.165) is 27.8 Å². The maximum absolute atomic E-state index is 12.9. The van der Waals surface area contributed by atoms with E-state index < -0.39 is 28.5 Å². The smallest absolute Gasteiger partial charge is 0.294 e. The molecule has 10 heteroatoms. The van der Waals surface area contributed by atoms with E-state index in [1.165, 1.54) is 12.1 Å². The van der Waals surface area contributed by atoms with E-state index >= 15 is 0 Å². The van der Waals surface area contributed by atoms with E-state index in [1.54, 1.807) is 54.6 Å². The highest BCUT2D eigenvalue weighted by molar-refractivity contribution is 8.18. The van der Waals surface area contributed by atoms with Gasteiger partial charge < -0.3 is 10.1 Å². The molecule has 0 aliphatic carbocycles. The van der Waals surface area contributed by atoms with Crippen molar-refractivity contribution in [1.82, 2.24) is 4.90 Å². The molecule has 3 aromatic carbocycles. The number of thioether (sulfide) groups is 1. The molecule has 1 aliphatic rings. The van der Waals surface area contributed by atoms with Crippen LogP contribution in [0.2, 0.25) is 0 Å². The number of carbonyl (C=O) groups excluding carboxylic acids is 3. The van der Waals surface area contributed by atoms with Crippen molar-refractivity contribution in [1.29, 1.82) is 0 Å². The normalized spacial score (nSPS) is 14.2. The summed E-state index contributed by atoms with van der Waals surface area (Å²) in [5.41, 5.74) is 2.78. The average molecular weight is 504 g/mol. The SMILES string of the molecule is Cc1ccccc1NC(=O)CN1C(=O)S/C(=C\c2ccccc2OCc2ccc([N+](=O)[O-])cc2)C1=O. The number of ether oxygens (including phenoxy) is 1. The van der Waals surface area contributed by atoms with Crippen LogP contribution in [0, 0.1) is 17.0 Å². The predicted molar refractivity (Wildman–Crippen MR) is 136 cm³/mol. The summed E-state index contributed by atoms with van der Waals surface area (Å²) in [4.78, 5) is 49.3. The first-order chi connectivity index (χ1) is 17.3. The number of anilines is 1. The molecule has 3 aromatic rings. The monoisotopic (exact) mass is 503 g/mol. The Labute approximate surface area is 210 Å². The van der Waals surface area contributed by atoms with Crippen molar-refractivity contribution in [3.63, 3.8) is 0 Å². The molecule has 1 aliphatic heterocycles.